The van der Waals surface area contributed by atoms with Crippen LogP contribution < -0.4 is 11.2 Å². The number of nitrogens with one attached hydrogen (secondary N) is 1. The summed E-state index contributed by atoms with van der Waals surface area (Å²) in [6, 6.07) is 13.7. The summed E-state index contributed by atoms with van der Waals surface area (Å²) in [4.78, 5) is 26.4. The lowest BCUT2D eigenvalue weighted by atomic mass is 10.0. The number of hydrogen-bond acceptors (Lipinski definition) is 3. The van der Waals surface area contributed by atoms with E-state index in [2.05, 4.69) is 24.0 Å². The molecule has 0 radical (unpaired) electrons. The monoisotopic (exact) mass is 520 g/mol. The third-order valence-electron chi connectivity index (χ3n) is 7.41. The summed E-state index contributed by atoms with van der Waals surface area (Å²) in [7, 11) is 0. The van der Waals surface area contributed by atoms with Gasteiger partial charge in [0.2, 0.25) is 0 Å². The first-order valence-corrected chi connectivity index (χ1v) is 15.1. The number of fused-ring (bicyclic) bond motifs is 1. The fraction of sp³-hybridized carbons (Fsp3) is 0.576. The lowest BCUT2D eigenvalue weighted by molar-refractivity contribution is 0.127. The van der Waals surface area contributed by atoms with Crippen LogP contribution in [0.4, 0.5) is 0 Å². The molecule has 0 saturated carbocycles. The SMILES string of the molecule is CCCCCCCCCCCCCCCCOCCCc1cc2ccccc2cc1-n1ccc(=O)[nH]c1=O. The van der Waals surface area contributed by atoms with Gasteiger partial charge in [-0.2, -0.15) is 0 Å². The van der Waals surface area contributed by atoms with E-state index < -0.39 is 5.69 Å². The van der Waals surface area contributed by atoms with Gasteiger partial charge in [-0.25, -0.2) is 4.79 Å². The van der Waals surface area contributed by atoms with Gasteiger partial charge in [0.25, 0.3) is 5.56 Å². The van der Waals surface area contributed by atoms with Crippen molar-refractivity contribution in [1.82, 2.24) is 9.55 Å². The second-order valence-corrected chi connectivity index (χ2v) is 10.6. The minimum Gasteiger partial charge on any atom is -0.381 e. The fourth-order valence-corrected chi connectivity index (χ4v) is 5.17. The molecule has 38 heavy (non-hydrogen) atoms. The lowest BCUT2D eigenvalue weighted by Crippen LogP contribution is -2.28. The summed E-state index contributed by atoms with van der Waals surface area (Å²) in [5, 5.41) is 2.21. The normalized spacial score (nSPS) is 11.4. The molecule has 1 heterocycles. The van der Waals surface area contributed by atoms with Crippen LogP contribution in [0.3, 0.4) is 0 Å². The molecule has 0 aliphatic rings. The standard InChI is InChI=1S/C33H48N2O3/c1-2-3-4-5-6-7-8-9-10-11-12-13-14-17-24-38-25-18-21-30-26-28-19-15-16-20-29(28)27-31(30)35-23-22-32(36)34-33(35)37/h15-16,19-20,22-23,26-27H,2-14,17-18,21,24-25H2,1H3,(H,34,36,37). The van der Waals surface area contributed by atoms with Gasteiger partial charge in [-0.3, -0.25) is 14.3 Å². The molecule has 0 amide bonds. The molecule has 0 unspecified atom stereocenters. The average Bonchev–Trinajstić information content (AvgIpc) is 2.92. The second kappa shape index (κ2) is 17.8. The number of rotatable bonds is 20. The molecule has 0 aliphatic carbocycles. The molecule has 208 valence electrons. The zero-order chi connectivity index (χ0) is 26.8. The van der Waals surface area contributed by atoms with Gasteiger partial charge in [0.15, 0.2) is 0 Å². The highest BCUT2D eigenvalue weighted by atomic mass is 16.5. The minimum absolute atomic E-state index is 0.384. The van der Waals surface area contributed by atoms with Crippen molar-refractivity contribution in [2.24, 2.45) is 0 Å². The molecule has 0 atom stereocenters. The van der Waals surface area contributed by atoms with Crippen LogP contribution in [0.1, 0.15) is 109 Å². The topological polar surface area (TPSA) is 64.1 Å². The average molecular weight is 521 g/mol. The van der Waals surface area contributed by atoms with Crippen LogP contribution in [0.5, 0.6) is 0 Å². The first-order chi connectivity index (χ1) is 18.7. The Morgan fingerprint density at radius 1 is 0.684 bits per heavy atom. The molecule has 0 fully saturated rings. The maximum atomic E-state index is 12.5. The molecule has 3 rings (SSSR count). The maximum absolute atomic E-state index is 12.5. The van der Waals surface area contributed by atoms with Crippen molar-refractivity contribution in [1.29, 1.82) is 0 Å². The molecule has 5 nitrogen and oxygen atoms in total. The number of aromatic amines is 1. The van der Waals surface area contributed by atoms with Gasteiger partial charge < -0.3 is 4.74 Å². The van der Waals surface area contributed by atoms with Crippen molar-refractivity contribution >= 4 is 10.8 Å². The van der Waals surface area contributed by atoms with Gasteiger partial charge in [-0.15, -0.1) is 0 Å². The van der Waals surface area contributed by atoms with E-state index in [9.17, 15) is 9.59 Å². The van der Waals surface area contributed by atoms with E-state index in [1.807, 2.05) is 24.3 Å². The Morgan fingerprint density at radius 3 is 1.84 bits per heavy atom. The van der Waals surface area contributed by atoms with Crippen LogP contribution >= 0.6 is 0 Å². The summed E-state index contributed by atoms with van der Waals surface area (Å²) in [5.41, 5.74) is 1.10. The first-order valence-electron chi connectivity index (χ1n) is 15.1. The summed E-state index contributed by atoms with van der Waals surface area (Å²) in [5.74, 6) is 0. The molecule has 0 spiro atoms. The maximum Gasteiger partial charge on any atom is 0.332 e. The highest BCUT2D eigenvalue weighted by Gasteiger charge is 2.09. The summed E-state index contributed by atoms with van der Waals surface area (Å²) >= 11 is 0. The summed E-state index contributed by atoms with van der Waals surface area (Å²) in [6.45, 7) is 3.81. The van der Waals surface area contributed by atoms with Crippen molar-refractivity contribution in [2.45, 2.75) is 110 Å². The Hall–Kier alpha value is -2.66. The summed E-state index contributed by atoms with van der Waals surface area (Å²) in [6.07, 6.45) is 22.4. The Morgan fingerprint density at radius 2 is 1.24 bits per heavy atom. The van der Waals surface area contributed by atoms with E-state index in [1.54, 1.807) is 6.20 Å². The number of nitrogens with zero attached hydrogens (tertiary/aromatic N) is 1. The number of aryl methyl sites for hydroxylation is 1. The third kappa shape index (κ3) is 10.6. The molecule has 3 aromatic rings. The van der Waals surface area contributed by atoms with E-state index in [4.69, 9.17) is 4.74 Å². The second-order valence-electron chi connectivity index (χ2n) is 10.6. The van der Waals surface area contributed by atoms with Crippen molar-refractivity contribution in [3.8, 4) is 5.69 Å². The quantitative estimate of drug-likeness (QED) is 0.153. The van der Waals surface area contributed by atoms with Gasteiger partial charge in [0.1, 0.15) is 0 Å². The Kier molecular flexibility index (Phi) is 14.0. The Balaban J connectivity index is 1.29. The van der Waals surface area contributed by atoms with E-state index in [1.165, 1.54) is 94.1 Å². The van der Waals surface area contributed by atoms with Crippen LogP contribution in [0, 0.1) is 0 Å². The van der Waals surface area contributed by atoms with Crippen molar-refractivity contribution in [3.63, 3.8) is 0 Å². The molecule has 0 bridgehead atoms. The molecule has 0 aliphatic heterocycles. The molecule has 1 N–H and O–H groups in total. The molecule has 5 heteroatoms. The van der Waals surface area contributed by atoms with E-state index in [0.717, 1.165) is 47.9 Å². The highest BCUT2D eigenvalue weighted by Crippen LogP contribution is 2.23. The minimum atomic E-state index is -0.414. The van der Waals surface area contributed by atoms with E-state index >= 15 is 0 Å². The number of ether oxygens (including phenoxy) is 1. The van der Waals surface area contributed by atoms with Crippen molar-refractivity contribution in [2.75, 3.05) is 13.2 Å². The molecular formula is C33H48N2O3. The number of hydrogen-bond donors (Lipinski definition) is 1. The van der Waals surface area contributed by atoms with Crippen LogP contribution in [-0.2, 0) is 11.2 Å². The largest absolute Gasteiger partial charge is 0.381 e. The highest BCUT2D eigenvalue weighted by molar-refractivity contribution is 5.85. The predicted octanol–water partition coefficient (Wildman–Crippen LogP) is 8.11. The summed E-state index contributed by atoms with van der Waals surface area (Å²) < 4.78 is 7.45. The van der Waals surface area contributed by atoms with Crippen LogP contribution in [0.25, 0.3) is 16.5 Å². The van der Waals surface area contributed by atoms with Gasteiger partial charge in [0, 0.05) is 25.5 Å². The van der Waals surface area contributed by atoms with E-state index in [0.29, 0.717) is 6.61 Å². The van der Waals surface area contributed by atoms with Gasteiger partial charge >= 0.3 is 5.69 Å². The number of aromatic nitrogens is 2. The number of unbranched alkanes of at least 4 members (excludes halogenated alkanes) is 13. The lowest BCUT2D eigenvalue weighted by Gasteiger charge is -2.14. The van der Waals surface area contributed by atoms with Crippen LogP contribution in [0.2, 0.25) is 0 Å². The smallest absolute Gasteiger partial charge is 0.332 e. The molecule has 2 aromatic carbocycles. The van der Waals surface area contributed by atoms with Crippen molar-refractivity contribution < 1.29 is 4.74 Å². The van der Waals surface area contributed by atoms with Crippen LogP contribution in [-0.4, -0.2) is 22.8 Å². The third-order valence-corrected chi connectivity index (χ3v) is 7.41. The zero-order valence-electron chi connectivity index (χ0n) is 23.5. The van der Waals surface area contributed by atoms with E-state index in [-0.39, 0.29) is 5.56 Å². The number of benzene rings is 2. The van der Waals surface area contributed by atoms with Crippen molar-refractivity contribution in [3.05, 3.63) is 75.1 Å². The van der Waals surface area contributed by atoms with Gasteiger partial charge in [-0.1, -0.05) is 115 Å². The molecular weight excluding hydrogens is 472 g/mol. The Bertz CT molecular complexity index is 1180. The zero-order valence-corrected chi connectivity index (χ0v) is 23.5. The number of H-pyrrole nitrogens is 1. The van der Waals surface area contributed by atoms with Crippen LogP contribution in [0.15, 0.2) is 58.3 Å². The predicted molar refractivity (Wildman–Crippen MR) is 160 cm³/mol. The van der Waals surface area contributed by atoms with Gasteiger partial charge in [-0.05, 0) is 47.7 Å². The first kappa shape index (κ1) is 29.9. The van der Waals surface area contributed by atoms with Gasteiger partial charge in [0.05, 0.1) is 5.69 Å². The fourth-order valence-electron chi connectivity index (χ4n) is 5.17. The molecule has 1 aromatic heterocycles. The Labute approximate surface area is 228 Å². The molecule has 0 saturated heterocycles.